The van der Waals surface area contributed by atoms with Crippen LogP contribution in [-0.4, -0.2) is 17.7 Å². The molecule has 0 aliphatic heterocycles. The molecule has 1 aromatic rings. The van der Waals surface area contributed by atoms with E-state index in [-0.39, 0.29) is 6.61 Å². The summed E-state index contributed by atoms with van der Waals surface area (Å²) in [7, 11) is 0. The Balaban J connectivity index is 2.68. The molecule has 1 rings (SSSR count). The summed E-state index contributed by atoms with van der Waals surface area (Å²) in [4.78, 5) is 10.7. The first-order valence-electron chi connectivity index (χ1n) is 5.23. The van der Waals surface area contributed by atoms with Crippen LogP contribution in [0.5, 0.6) is 5.75 Å². The lowest BCUT2D eigenvalue weighted by atomic mass is 10.2. The molecular formula is C13H13NO3. The Hall–Kier alpha value is -2.28. The molecule has 0 amide bonds. The predicted molar refractivity (Wildman–Crippen MR) is 62.7 cm³/mol. The number of benzene rings is 1. The maximum Gasteiger partial charge on any atom is 0.331 e. The Morgan fingerprint density at radius 1 is 1.53 bits per heavy atom. The van der Waals surface area contributed by atoms with E-state index >= 15 is 0 Å². The van der Waals surface area contributed by atoms with E-state index in [1.807, 2.05) is 6.07 Å². The van der Waals surface area contributed by atoms with E-state index in [2.05, 4.69) is 0 Å². The van der Waals surface area contributed by atoms with Crippen LogP contribution in [0.2, 0.25) is 0 Å². The summed E-state index contributed by atoms with van der Waals surface area (Å²) in [6.07, 6.45) is 1.95. The molecule has 0 spiro atoms. The van der Waals surface area contributed by atoms with Crippen LogP contribution in [-0.2, 0) is 4.79 Å². The Labute approximate surface area is 99.8 Å². The van der Waals surface area contributed by atoms with Crippen molar-refractivity contribution in [3.05, 3.63) is 41.5 Å². The van der Waals surface area contributed by atoms with Crippen LogP contribution in [0.3, 0.4) is 0 Å². The number of hydrogen-bond donors (Lipinski definition) is 1. The van der Waals surface area contributed by atoms with Crippen molar-refractivity contribution in [3.63, 3.8) is 0 Å². The molecule has 0 aliphatic rings. The third-order valence-electron chi connectivity index (χ3n) is 2.23. The van der Waals surface area contributed by atoms with E-state index in [1.54, 1.807) is 31.2 Å². The smallest absolute Gasteiger partial charge is 0.331 e. The summed E-state index contributed by atoms with van der Waals surface area (Å²) in [5.41, 5.74) is 0.744. The lowest BCUT2D eigenvalue weighted by molar-refractivity contribution is -0.132. The fourth-order valence-electron chi connectivity index (χ4n) is 1.30. The maximum absolute atomic E-state index is 10.7. The van der Waals surface area contributed by atoms with Gasteiger partial charge in [0.05, 0.1) is 5.56 Å². The van der Waals surface area contributed by atoms with Gasteiger partial charge in [0.2, 0.25) is 0 Å². The van der Waals surface area contributed by atoms with Gasteiger partial charge >= 0.3 is 5.97 Å². The highest BCUT2D eigenvalue weighted by Gasteiger charge is 2.04. The highest BCUT2D eigenvalue weighted by atomic mass is 16.5. The molecule has 88 valence electrons. The Bertz CT molecular complexity index is 472. The van der Waals surface area contributed by atoms with Gasteiger partial charge in [-0.2, -0.15) is 5.26 Å². The summed E-state index contributed by atoms with van der Waals surface area (Å²) in [5.74, 6) is -0.475. The van der Waals surface area contributed by atoms with Gasteiger partial charge in [-0.05, 0) is 24.6 Å². The third-order valence-corrected chi connectivity index (χ3v) is 2.23. The zero-order valence-corrected chi connectivity index (χ0v) is 9.51. The molecule has 0 aromatic heterocycles. The van der Waals surface area contributed by atoms with Gasteiger partial charge in [0.1, 0.15) is 18.4 Å². The van der Waals surface area contributed by atoms with Crippen LogP contribution in [0.15, 0.2) is 35.9 Å². The summed E-state index contributed by atoms with van der Waals surface area (Å²) < 4.78 is 5.35. The lowest BCUT2D eigenvalue weighted by Gasteiger charge is -2.05. The van der Waals surface area contributed by atoms with Crippen molar-refractivity contribution in [3.8, 4) is 11.8 Å². The highest BCUT2D eigenvalue weighted by molar-refractivity contribution is 5.86. The summed E-state index contributed by atoms with van der Waals surface area (Å²) in [5, 5.41) is 17.6. The van der Waals surface area contributed by atoms with Gasteiger partial charge in [0.15, 0.2) is 0 Å². The molecule has 4 heteroatoms. The lowest BCUT2D eigenvalue weighted by Crippen LogP contribution is -2.03. The van der Waals surface area contributed by atoms with Crippen molar-refractivity contribution in [2.75, 3.05) is 6.61 Å². The SMILES string of the molecule is CCC(=CCOc1ccccc1C#N)C(=O)O. The summed E-state index contributed by atoms with van der Waals surface area (Å²) in [6, 6.07) is 8.85. The number of carboxylic acids is 1. The zero-order chi connectivity index (χ0) is 12.7. The van der Waals surface area contributed by atoms with Gasteiger partial charge in [0, 0.05) is 5.57 Å². The molecule has 0 saturated heterocycles. The van der Waals surface area contributed by atoms with Crippen LogP contribution in [0.1, 0.15) is 18.9 Å². The van der Waals surface area contributed by atoms with Crippen molar-refractivity contribution < 1.29 is 14.6 Å². The molecule has 0 unspecified atom stereocenters. The molecule has 0 atom stereocenters. The minimum absolute atomic E-state index is 0.147. The maximum atomic E-state index is 10.7. The van der Waals surface area contributed by atoms with Gasteiger partial charge < -0.3 is 9.84 Å². The molecule has 0 fully saturated rings. The number of carbonyl (C=O) groups is 1. The predicted octanol–water partition coefficient (Wildman–Crippen LogP) is 2.36. The molecule has 0 saturated carbocycles. The molecule has 4 nitrogen and oxygen atoms in total. The summed E-state index contributed by atoms with van der Waals surface area (Å²) >= 11 is 0. The van der Waals surface area contributed by atoms with E-state index in [0.717, 1.165) is 0 Å². The number of carboxylic acid groups (broad SMARTS) is 1. The number of para-hydroxylation sites is 1. The first kappa shape index (κ1) is 12.8. The quantitative estimate of drug-likeness (QED) is 0.789. The first-order valence-corrected chi connectivity index (χ1v) is 5.23. The molecule has 17 heavy (non-hydrogen) atoms. The van der Waals surface area contributed by atoms with Gasteiger partial charge in [-0.3, -0.25) is 0 Å². The van der Waals surface area contributed by atoms with Crippen LogP contribution < -0.4 is 4.74 Å². The highest BCUT2D eigenvalue weighted by Crippen LogP contribution is 2.16. The van der Waals surface area contributed by atoms with Crippen molar-refractivity contribution >= 4 is 5.97 Å². The van der Waals surface area contributed by atoms with Crippen molar-refractivity contribution in [1.82, 2.24) is 0 Å². The van der Waals surface area contributed by atoms with Crippen molar-refractivity contribution in [1.29, 1.82) is 5.26 Å². The topological polar surface area (TPSA) is 70.3 Å². The number of nitrogens with zero attached hydrogens (tertiary/aromatic N) is 1. The minimum atomic E-state index is -0.940. The van der Waals surface area contributed by atoms with Crippen molar-refractivity contribution in [2.45, 2.75) is 13.3 Å². The molecule has 0 heterocycles. The van der Waals surface area contributed by atoms with Gasteiger partial charge in [-0.25, -0.2) is 4.79 Å². The third kappa shape index (κ3) is 3.65. The standard InChI is InChI=1S/C13H13NO3/c1-2-10(13(15)16)7-8-17-12-6-4-3-5-11(12)9-14/h3-7H,2,8H2,1H3,(H,15,16). The molecule has 1 N–H and O–H groups in total. The second kappa shape index (κ2) is 6.33. The van der Waals surface area contributed by atoms with Gasteiger partial charge in [-0.15, -0.1) is 0 Å². The average molecular weight is 231 g/mol. The molecular weight excluding hydrogens is 218 g/mol. The number of hydrogen-bond acceptors (Lipinski definition) is 3. The molecule has 0 bridgehead atoms. The van der Waals surface area contributed by atoms with Crippen LogP contribution >= 0.6 is 0 Å². The zero-order valence-electron chi connectivity index (χ0n) is 9.51. The second-order valence-electron chi connectivity index (χ2n) is 3.31. The Kier molecular flexibility index (Phi) is 4.77. The van der Waals surface area contributed by atoms with Crippen molar-refractivity contribution in [2.24, 2.45) is 0 Å². The van der Waals surface area contributed by atoms with E-state index < -0.39 is 5.97 Å². The first-order chi connectivity index (χ1) is 8.19. The fourth-order valence-corrected chi connectivity index (χ4v) is 1.30. The fraction of sp³-hybridized carbons (Fsp3) is 0.231. The molecule has 1 aromatic carbocycles. The number of nitriles is 1. The monoisotopic (exact) mass is 231 g/mol. The van der Waals surface area contributed by atoms with E-state index in [9.17, 15) is 4.79 Å². The van der Waals surface area contributed by atoms with E-state index in [1.165, 1.54) is 6.08 Å². The van der Waals surface area contributed by atoms with Crippen LogP contribution in [0, 0.1) is 11.3 Å². The Morgan fingerprint density at radius 2 is 2.24 bits per heavy atom. The normalized spacial score (nSPS) is 10.7. The number of ether oxygens (including phenoxy) is 1. The number of aliphatic carboxylic acids is 1. The molecule has 0 radical (unpaired) electrons. The van der Waals surface area contributed by atoms with E-state index in [4.69, 9.17) is 15.1 Å². The summed E-state index contributed by atoms with van der Waals surface area (Å²) in [6.45, 7) is 1.91. The largest absolute Gasteiger partial charge is 0.488 e. The minimum Gasteiger partial charge on any atom is -0.488 e. The number of rotatable bonds is 5. The Morgan fingerprint density at radius 3 is 2.82 bits per heavy atom. The van der Waals surface area contributed by atoms with Gasteiger partial charge in [-0.1, -0.05) is 19.1 Å². The van der Waals surface area contributed by atoms with Crippen LogP contribution in [0.25, 0.3) is 0 Å². The molecule has 0 aliphatic carbocycles. The second-order valence-corrected chi connectivity index (χ2v) is 3.31. The van der Waals surface area contributed by atoms with Gasteiger partial charge in [0.25, 0.3) is 0 Å². The average Bonchev–Trinajstić information content (AvgIpc) is 2.34. The van der Waals surface area contributed by atoms with E-state index in [0.29, 0.717) is 23.3 Å². The van der Waals surface area contributed by atoms with Crippen LogP contribution in [0.4, 0.5) is 0 Å².